The van der Waals surface area contributed by atoms with Crippen molar-refractivity contribution in [3.05, 3.63) is 0 Å². The molecule has 0 aromatic carbocycles. The van der Waals surface area contributed by atoms with Gasteiger partial charge in [0.25, 0.3) is 0 Å². The summed E-state index contributed by atoms with van der Waals surface area (Å²) in [4.78, 5) is 14.2. The molecule has 1 atom stereocenters. The molecule has 0 saturated heterocycles. The molecule has 0 fully saturated rings. The lowest BCUT2D eigenvalue weighted by atomic mass is 10.1. The Kier molecular flexibility index (Phi) is 10.0. The standard InChI is InChI=1S/C15H31NO2/c1-6-8-10-12-16(13(3)4)14(11-9-7-2)15(17)18-5/h13-14H,6-12H2,1-5H3. The minimum absolute atomic E-state index is 0.0631. The SMILES string of the molecule is CCCCCN(C(C)C)C(CCCC)C(=O)OC. The summed E-state index contributed by atoms with van der Waals surface area (Å²) < 4.78 is 4.97. The zero-order valence-electron chi connectivity index (χ0n) is 12.9. The first-order chi connectivity index (χ1) is 8.58. The number of hydrogen-bond donors (Lipinski definition) is 0. The van der Waals surface area contributed by atoms with E-state index in [0.29, 0.717) is 6.04 Å². The van der Waals surface area contributed by atoms with E-state index in [0.717, 1.165) is 32.2 Å². The molecule has 0 N–H and O–H groups in total. The van der Waals surface area contributed by atoms with Crippen molar-refractivity contribution in [2.24, 2.45) is 0 Å². The van der Waals surface area contributed by atoms with Gasteiger partial charge < -0.3 is 4.74 Å². The van der Waals surface area contributed by atoms with Gasteiger partial charge in [0.1, 0.15) is 6.04 Å². The monoisotopic (exact) mass is 257 g/mol. The number of unbranched alkanes of at least 4 members (excludes halogenated alkanes) is 3. The maximum Gasteiger partial charge on any atom is 0.323 e. The molecule has 0 amide bonds. The number of carbonyl (C=O) groups is 1. The molecule has 0 saturated carbocycles. The fourth-order valence-electron chi connectivity index (χ4n) is 2.27. The van der Waals surface area contributed by atoms with Crippen LogP contribution in [0.1, 0.15) is 66.2 Å². The van der Waals surface area contributed by atoms with Gasteiger partial charge in [-0.1, -0.05) is 39.5 Å². The lowest BCUT2D eigenvalue weighted by Crippen LogP contribution is -2.46. The molecule has 0 aliphatic heterocycles. The molecule has 0 heterocycles. The van der Waals surface area contributed by atoms with Crippen LogP contribution in [0.5, 0.6) is 0 Å². The Morgan fingerprint density at radius 2 is 1.72 bits per heavy atom. The van der Waals surface area contributed by atoms with Crippen LogP contribution in [-0.2, 0) is 9.53 Å². The molecular weight excluding hydrogens is 226 g/mol. The topological polar surface area (TPSA) is 29.5 Å². The van der Waals surface area contributed by atoms with Gasteiger partial charge in [-0.3, -0.25) is 9.69 Å². The molecule has 18 heavy (non-hydrogen) atoms. The Morgan fingerprint density at radius 3 is 2.17 bits per heavy atom. The van der Waals surface area contributed by atoms with E-state index in [9.17, 15) is 4.79 Å². The lowest BCUT2D eigenvalue weighted by Gasteiger charge is -2.33. The second-order valence-electron chi connectivity index (χ2n) is 5.22. The van der Waals surface area contributed by atoms with Crippen LogP contribution in [0.2, 0.25) is 0 Å². The highest BCUT2D eigenvalue weighted by atomic mass is 16.5. The first kappa shape index (κ1) is 17.4. The van der Waals surface area contributed by atoms with Gasteiger partial charge in [0.2, 0.25) is 0 Å². The van der Waals surface area contributed by atoms with Crippen LogP contribution in [0.15, 0.2) is 0 Å². The first-order valence-corrected chi connectivity index (χ1v) is 7.41. The zero-order chi connectivity index (χ0) is 14.0. The normalized spacial score (nSPS) is 13.1. The molecule has 108 valence electrons. The summed E-state index contributed by atoms with van der Waals surface area (Å²) in [6.07, 6.45) is 6.71. The van der Waals surface area contributed by atoms with Crippen molar-refractivity contribution in [1.82, 2.24) is 4.90 Å². The van der Waals surface area contributed by atoms with Crippen molar-refractivity contribution in [2.75, 3.05) is 13.7 Å². The number of esters is 1. The van der Waals surface area contributed by atoms with E-state index in [2.05, 4.69) is 32.6 Å². The van der Waals surface area contributed by atoms with Crippen molar-refractivity contribution in [2.45, 2.75) is 78.3 Å². The average molecular weight is 257 g/mol. The summed E-state index contributed by atoms with van der Waals surface area (Å²) in [5.41, 5.74) is 0. The van der Waals surface area contributed by atoms with Crippen molar-refractivity contribution in [1.29, 1.82) is 0 Å². The quantitative estimate of drug-likeness (QED) is 0.442. The molecule has 3 heteroatoms. The molecular formula is C15H31NO2. The number of nitrogens with zero attached hydrogens (tertiary/aromatic N) is 1. The van der Waals surface area contributed by atoms with Crippen LogP contribution < -0.4 is 0 Å². The van der Waals surface area contributed by atoms with Crippen LogP contribution in [0.25, 0.3) is 0 Å². The fourth-order valence-corrected chi connectivity index (χ4v) is 2.27. The van der Waals surface area contributed by atoms with Gasteiger partial charge in [-0.15, -0.1) is 0 Å². The summed E-state index contributed by atoms with van der Waals surface area (Å²) in [5.74, 6) is -0.0753. The molecule has 0 rings (SSSR count). The van der Waals surface area contributed by atoms with Crippen LogP contribution in [0.3, 0.4) is 0 Å². The molecule has 0 bridgehead atoms. The molecule has 0 aliphatic rings. The van der Waals surface area contributed by atoms with Crippen LogP contribution in [0, 0.1) is 0 Å². The van der Waals surface area contributed by atoms with Gasteiger partial charge in [0.05, 0.1) is 7.11 Å². The molecule has 0 aromatic heterocycles. The van der Waals surface area contributed by atoms with E-state index in [1.54, 1.807) is 0 Å². The van der Waals surface area contributed by atoms with Crippen molar-refractivity contribution in [3.8, 4) is 0 Å². The van der Waals surface area contributed by atoms with E-state index in [1.807, 2.05) is 0 Å². The average Bonchev–Trinajstić information content (AvgIpc) is 2.36. The van der Waals surface area contributed by atoms with Crippen molar-refractivity contribution >= 4 is 5.97 Å². The maximum absolute atomic E-state index is 11.9. The second-order valence-corrected chi connectivity index (χ2v) is 5.22. The molecule has 3 nitrogen and oxygen atoms in total. The van der Waals surface area contributed by atoms with Gasteiger partial charge in [0.15, 0.2) is 0 Å². The highest BCUT2D eigenvalue weighted by Crippen LogP contribution is 2.15. The summed E-state index contributed by atoms with van der Waals surface area (Å²) >= 11 is 0. The Balaban J connectivity index is 4.57. The highest BCUT2D eigenvalue weighted by molar-refractivity contribution is 5.75. The predicted molar refractivity (Wildman–Crippen MR) is 76.7 cm³/mol. The van der Waals surface area contributed by atoms with Gasteiger partial charge in [-0.2, -0.15) is 0 Å². The third kappa shape index (κ3) is 6.39. The Hall–Kier alpha value is -0.570. The van der Waals surface area contributed by atoms with Gasteiger partial charge >= 0.3 is 5.97 Å². The summed E-state index contributed by atoms with van der Waals surface area (Å²) in [6, 6.07) is 0.328. The molecule has 0 radical (unpaired) electrons. The number of hydrogen-bond acceptors (Lipinski definition) is 3. The minimum Gasteiger partial charge on any atom is -0.468 e. The van der Waals surface area contributed by atoms with E-state index in [4.69, 9.17) is 4.74 Å². The summed E-state index contributed by atoms with van der Waals surface area (Å²) in [6.45, 7) is 9.68. The smallest absolute Gasteiger partial charge is 0.323 e. The lowest BCUT2D eigenvalue weighted by molar-refractivity contribution is -0.148. The Morgan fingerprint density at radius 1 is 1.11 bits per heavy atom. The first-order valence-electron chi connectivity index (χ1n) is 7.41. The number of methoxy groups -OCH3 is 1. The number of rotatable bonds is 10. The maximum atomic E-state index is 11.9. The van der Waals surface area contributed by atoms with E-state index >= 15 is 0 Å². The number of ether oxygens (including phenoxy) is 1. The van der Waals surface area contributed by atoms with E-state index in [-0.39, 0.29) is 12.0 Å². The number of carbonyl (C=O) groups excluding carboxylic acids is 1. The van der Waals surface area contributed by atoms with Crippen LogP contribution in [0.4, 0.5) is 0 Å². The third-order valence-electron chi connectivity index (χ3n) is 3.39. The molecule has 1 unspecified atom stereocenters. The minimum atomic E-state index is -0.0753. The largest absolute Gasteiger partial charge is 0.468 e. The van der Waals surface area contributed by atoms with Crippen molar-refractivity contribution < 1.29 is 9.53 Å². The van der Waals surface area contributed by atoms with Gasteiger partial charge in [-0.05, 0) is 33.2 Å². The van der Waals surface area contributed by atoms with Crippen LogP contribution >= 0.6 is 0 Å². The van der Waals surface area contributed by atoms with Crippen LogP contribution in [-0.4, -0.2) is 36.6 Å². The fraction of sp³-hybridized carbons (Fsp3) is 0.933. The third-order valence-corrected chi connectivity index (χ3v) is 3.39. The van der Waals surface area contributed by atoms with Crippen molar-refractivity contribution in [3.63, 3.8) is 0 Å². The second kappa shape index (κ2) is 10.4. The molecule has 0 aromatic rings. The van der Waals surface area contributed by atoms with Gasteiger partial charge in [0, 0.05) is 6.04 Å². The van der Waals surface area contributed by atoms with E-state index in [1.165, 1.54) is 20.0 Å². The van der Waals surface area contributed by atoms with E-state index < -0.39 is 0 Å². The summed E-state index contributed by atoms with van der Waals surface area (Å²) in [7, 11) is 1.49. The zero-order valence-corrected chi connectivity index (χ0v) is 12.9. The Labute approximate surface area is 113 Å². The predicted octanol–water partition coefficient (Wildman–Crippen LogP) is 3.62. The summed E-state index contributed by atoms with van der Waals surface area (Å²) in [5, 5.41) is 0. The molecule has 0 aliphatic carbocycles. The Bertz CT molecular complexity index is 217. The highest BCUT2D eigenvalue weighted by Gasteiger charge is 2.27. The molecule has 0 spiro atoms. The van der Waals surface area contributed by atoms with Gasteiger partial charge in [-0.25, -0.2) is 0 Å².